The summed E-state index contributed by atoms with van der Waals surface area (Å²) in [5.41, 5.74) is 1.75. The van der Waals surface area contributed by atoms with E-state index >= 15 is 0 Å². The third-order valence-electron chi connectivity index (χ3n) is 4.46. The van der Waals surface area contributed by atoms with Gasteiger partial charge >= 0.3 is 0 Å². The normalized spacial score (nSPS) is 17.1. The summed E-state index contributed by atoms with van der Waals surface area (Å²) in [4.78, 5) is 20.7. The van der Waals surface area contributed by atoms with Crippen molar-refractivity contribution in [2.75, 3.05) is 32.1 Å². The van der Waals surface area contributed by atoms with Crippen LogP contribution in [0.3, 0.4) is 0 Å². The predicted octanol–water partition coefficient (Wildman–Crippen LogP) is 2.99. The van der Waals surface area contributed by atoms with E-state index in [0.717, 1.165) is 37.3 Å². The summed E-state index contributed by atoms with van der Waals surface area (Å²) in [7, 11) is 3.84. The van der Waals surface area contributed by atoms with Crippen LogP contribution in [0.25, 0.3) is 0 Å². The number of aromatic nitrogens is 1. The maximum atomic E-state index is 13.0. The molecule has 0 spiro atoms. The molecule has 5 heteroatoms. The van der Waals surface area contributed by atoms with Gasteiger partial charge in [-0.05, 0) is 48.6 Å². The van der Waals surface area contributed by atoms with E-state index in [0.29, 0.717) is 11.5 Å². The first-order valence-corrected chi connectivity index (χ1v) is 8.20. The van der Waals surface area contributed by atoms with Crippen LogP contribution in [-0.2, 0) is 6.42 Å². The van der Waals surface area contributed by atoms with Crippen LogP contribution >= 0.6 is 0 Å². The molecule has 24 heavy (non-hydrogen) atoms. The predicted molar refractivity (Wildman–Crippen MR) is 92.7 cm³/mol. The number of rotatable bonds is 4. The Bertz CT molecular complexity index is 698. The molecule has 0 N–H and O–H groups in total. The highest BCUT2D eigenvalue weighted by molar-refractivity contribution is 5.94. The maximum Gasteiger partial charge on any atom is 0.255 e. The molecule has 2 aromatic rings. The monoisotopic (exact) mass is 327 g/mol. The zero-order valence-electron chi connectivity index (χ0n) is 14.1. The van der Waals surface area contributed by atoms with Crippen LogP contribution in [0.4, 0.5) is 10.2 Å². The highest BCUT2D eigenvalue weighted by Gasteiger charge is 2.27. The first-order chi connectivity index (χ1) is 11.5. The van der Waals surface area contributed by atoms with E-state index in [-0.39, 0.29) is 11.7 Å². The molecule has 0 aliphatic carbocycles. The molecule has 3 rings (SSSR count). The molecule has 0 radical (unpaired) electrons. The van der Waals surface area contributed by atoms with Crippen LogP contribution in [0.2, 0.25) is 0 Å². The smallest absolute Gasteiger partial charge is 0.255 e. The second kappa shape index (κ2) is 6.99. The summed E-state index contributed by atoms with van der Waals surface area (Å²) >= 11 is 0. The van der Waals surface area contributed by atoms with Crippen molar-refractivity contribution >= 4 is 11.7 Å². The lowest BCUT2D eigenvalue weighted by atomic mass is 9.99. The Morgan fingerprint density at radius 1 is 1.25 bits per heavy atom. The van der Waals surface area contributed by atoms with Gasteiger partial charge in [0.1, 0.15) is 11.6 Å². The minimum atomic E-state index is -0.212. The zero-order valence-corrected chi connectivity index (χ0v) is 14.1. The minimum absolute atomic E-state index is 0.0365. The third kappa shape index (κ3) is 3.72. The van der Waals surface area contributed by atoms with E-state index in [1.807, 2.05) is 48.2 Å². The van der Waals surface area contributed by atoms with Crippen molar-refractivity contribution in [3.8, 4) is 0 Å². The number of hydrogen-bond donors (Lipinski definition) is 0. The van der Waals surface area contributed by atoms with Crippen molar-refractivity contribution in [2.24, 2.45) is 5.92 Å². The average Bonchev–Trinajstić information content (AvgIpc) is 3.05. The molecule has 0 bridgehead atoms. The second-order valence-corrected chi connectivity index (χ2v) is 6.54. The Kier molecular flexibility index (Phi) is 4.79. The summed E-state index contributed by atoms with van der Waals surface area (Å²) in [6.45, 7) is 1.51. The van der Waals surface area contributed by atoms with Crippen LogP contribution < -0.4 is 4.90 Å². The van der Waals surface area contributed by atoms with Gasteiger partial charge in [0.05, 0.1) is 5.56 Å². The largest absolute Gasteiger partial charge is 0.363 e. The van der Waals surface area contributed by atoms with Gasteiger partial charge in [-0.15, -0.1) is 0 Å². The number of nitrogens with zero attached hydrogens (tertiary/aromatic N) is 3. The van der Waals surface area contributed by atoms with Crippen molar-refractivity contribution in [1.29, 1.82) is 0 Å². The number of hydrogen-bond acceptors (Lipinski definition) is 3. The SMILES string of the molecule is CN(C)c1ccc(C(=O)N2CC[C@H](Cc3ccc(F)cc3)C2)cn1. The number of likely N-dealkylation sites (tertiary alicyclic amines) is 1. The Morgan fingerprint density at radius 3 is 2.62 bits per heavy atom. The van der Waals surface area contributed by atoms with Crippen LogP contribution in [0.15, 0.2) is 42.6 Å². The van der Waals surface area contributed by atoms with Crippen LogP contribution in [0.1, 0.15) is 22.3 Å². The molecule has 1 aromatic carbocycles. The molecule has 1 aliphatic rings. The van der Waals surface area contributed by atoms with E-state index in [4.69, 9.17) is 0 Å². The summed E-state index contributed by atoms with van der Waals surface area (Å²) in [6.07, 6.45) is 3.50. The van der Waals surface area contributed by atoms with E-state index in [2.05, 4.69) is 4.98 Å². The fraction of sp³-hybridized carbons (Fsp3) is 0.368. The van der Waals surface area contributed by atoms with Crippen molar-refractivity contribution in [3.05, 3.63) is 59.5 Å². The number of amides is 1. The molecule has 0 unspecified atom stereocenters. The van der Waals surface area contributed by atoms with Gasteiger partial charge in [-0.3, -0.25) is 4.79 Å². The molecule has 1 fully saturated rings. The molecule has 4 nitrogen and oxygen atoms in total. The lowest BCUT2D eigenvalue weighted by Gasteiger charge is -2.17. The van der Waals surface area contributed by atoms with E-state index < -0.39 is 0 Å². The zero-order chi connectivity index (χ0) is 17.1. The van der Waals surface area contributed by atoms with Crippen molar-refractivity contribution in [1.82, 2.24) is 9.88 Å². The Hall–Kier alpha value is -2.43. The molecule has 1 atom stereocenters. The average molecular weight is 327 g/mol. The molecule has 126 valence electrons. The number of pyridine rings is 1. The van der Waals surface area contributed by atoms with E-state index in [9.17, 15) is 9.18 Å². The molecule has 0 saturated carbocycles. The van der Waals surface area contributed by atoms with Gasteiger partial charge in [0.15, 0.2) is 0 Å². The maximum absolute atomic E-state index is 13.0. The number of carbonyl (C=O) groups excluding carboxylic acids is 1. The molecule has 2 heterocycles. The van der Waals surface area contributed by atoms with Crippen LogP contribution in [0.5, 0.6) is 0 Å². The van der Waals surface area contributed by atoms with Crippen LogP contribution in [0, 0.1) is 11.7 Å². The van der Waals surface area contributed by atoms with Crippen LogP contribution in [-0.4, -0.2) is 43.0 Å². The molecular weight excluding hydrogens is 305 g/mol. The summed E-state index contributed by atoms with van der Waals surface area (Å²) in [5.74, 6) is 1.08. The van der Waals surface area contributed by atoms with Crippen molar-refractivity contribution in [2.45, 2.75) is 12.8 Å². The number of carbonyl (C=O) groups is 1. The number of halogens is 1. The fourth-order valence-corrected chi connectivity index (χ4v) is 3.10. The van der Waals surface area contributed by atoms with E-state index in [1.165, 1.54) is 12.1 Å². The Labute approximate surface area is 141 Å². The summed E-state index contributed by atoms with van der Waals surface area (Å²) in [5, 5.41) is 0. The second-order valence-electron chi connectivity index (χ2n) is 6.54. The molecule has 1 aromatic heterocycles. The highest BCUT2D eigenvalue weighted by Crippen LogP contribution is 2.23. The number of anilines is 1. The topological polar surface area (TPSA) is 36.4 Å². The standard InChI is InChI=1S/C19H22FN3O/c1-22(2)18-8-5-16(12-21-18)19(24)23-10-9-15(13-23)11-14-3-6-17(20)7-4-14/h3-8,12,15H,9-11,13H2,1-2H3/t15-/m1/s1. The van der Waals surface area contributed by atoms with Gasteiger partial charge in [0.2, 0.25) is 0 Å². The molecule has 1 amide bonds. The lowest BCUT2D eigenvalue weighted by molar-refractivity contribution is 0.0786. The summed E-state index contributed by atoms with van der Waals surface area (Å²) in [6, 6.07) is 10.3. The van der Waals surface area contributed by atoms with Gasteiger partial charge in [-0.2, -0.15) is 0 Å². The molecular formula is C19H22FN3O. The highest BCUT2D eigenvalue weighted by atomic mass is 19.1. The van der Waals surface area contributed by atoms with Gasteiger partial charge in [-0.25, -0.2) is 9.37 Å². The quantitative estimate of drug-likeness (QED) is 0.866. The van der Waals surface area contributed by atoms with Crippen molar-refractivity contribution < 1.29 is 9.18 Å². The first-order valence-electron chi connectivity index (χ1n) is 8.20. The summed E-state index contributed by atoms with van der Waals surface area (Å²) < 4.78 is 13.0. The lowest BCUT2D eigenvalue weighted by Crippen LogP contribution is -2.29. The third-order valence-corrected chi connectivity index (χ3v) is 4.46. The number of benzene rings is 1. The minimum Gasteiger partial charge on any atom is -0.363 e. The van der Waals surface area contributed by atoms with Gasteiger partial charge in [-0.1, -0.05) is 12.1 Å². The van der Waals surface area contributed by atoms with Gasteiger partial charge in [0.25, 0.3) is 5.91 Å². The Morgan fingerprint density at radius 2 is 2.00 bits per heavy atom. The van der Waals surface area contributed by atoms with Gasteiger partial charge in [0, 0.05) is 33.4 Å². The Balaban J connectivity index is 1.60. The van der Waals surface area contributed by atoms with E-state index in [1.54, 1.807) is 6.20 Å². The first kappa shape index (κ1) is 16.4. The van der Waals surface area contributed by atoms with Gasteiger partial charge < -0.3 is 9.80 Å². The molecule has 1 aliphatic heterocycles. The molecule has 1 saturated heterocycles. The fourth-order valence-electron chi connectivity index (χ4n) is 3.10. The van der Waals surface area contributed by atoms with Crippen molar-refractivity contribution in [3.63, 3.8) is 0 Å².